The predicted molar refractivity (Wildman–Crippen MR) is 106 cm³/mol. The molecule has 0 radical (unpaired) electrons. The molecule has 0 amide bonds. The molecule has 0 saturated heterocycles. The molecule has 24 heavy (non-hydrogen) atoms. The minimum Gasteiger partial charge on any atom is -0.326 e. The first kappa shape index (κ1) is 15.9. The number of hydrogen-bond donors (Lipinski definition) is 1. The van der Waals surface area contributed by atoms with Crippen molar-refractivity contribution in [1.82, 2.24) is 0 Å². The van der Waals surface area contributed by atoms with E-state index < -0.39 is 0 Å². The van der Waals surface area contributed by atoms with Gasteiger partial charge in [-0.2, -0.15) is 0 Å². The largest absolute Gasteiger partial charge is 0.326 e. The van der Waals surface area contributed by atoms with Gasteiger partial charge in [0, 0.05) is 16.3 Å². The Balaban J connectivity index is 1.88. The van der Waals surface area contributed by atoms with E-state index in [2.05, 4.69) is 57.2 Å². The highest BCUT2D eigenvalue weighted by atomic mass is 32.1. The molecule has 3 aromatic rings. The van der Waals surface area contributed by atoms with E-state index in [0.717, 1.165) is 0 Å². The molecule has 0 fully saturated rings. The van der Waals surface area contributed by atoms with Crippen LogP contribution in [0.1, 0.15) is 41.8 Å². The summed E-state index contributed by atoms with van der Waals surface area (Å²) in [5, 5.41) is 2.57. The van der Waals surface area contributed by atoms with Gasteiger partial charge in [-0.1, -0.05) is 38.1 Å². The monoisotopic (exact) mass is 335 g/mol. The van der Waals surface area contributed by atoms with Crippen LogP contribution in [-0.4, -0.2) is 0 Å². The summed E-state index contributed by atoms with van der Waals surface area (Å²) in [5.41, 5.74) is 12.1. The van der Waals surface area contributed by atoms with E-state index >= 15 is 0 Å². The molecule has 0 spiro atoms. The Morgan fingerprint density at radius 1 is 1.17 bits per heavy atom. The first-order valence-electron chi connectivity index (χ1n) is 8.82. The van der Waals surface area contributed by atoms with Crippen LogP contribution in [0.15, 0.2) is 36.4 Å². The summed E-state index contributed by atoms with van der Waals surface area (Å²) in [5.74, 6) is 0. The van der Waals surface area contributed by atoms with Crippen molar-refractivity contribution in [3.63, 3.8) is 0 Å². The molecule has 0 aliphatic heterocycles. The lowest BCUT2D eigenvalue weighted by atomic mass is 9.76. The van der Waals surface area contributed by atoms with Crippen molar-refractivity contribution in [2.24, 2.45) is 11.1 Å². The maximum Gasteiger partial charge on any atom is 0.0378 e. The molecule has 1 aromatic heterocycles. The van der Waals surface area contributed by atoms with Crippen LogP contribution in [0.4, 0.5) is 0 Å². The summed E-state index contributed by atoms with van der Waals surface area (Å²) >= 11 is 2.00. The summed E-state index contributed by atoms with van der Waals surface area (Å²) in [7, 11) is 0. The van der Waals surface area contributed by atoms with Crippen LogP contribution in [0.5, 0.6) is 0 Å². The second kappa shape index (κ2) is 5.72. The Morgan fingerprint density at radius 3 is 2.75 bits per heavy atom. The van der Waals surface area contributed by atoms with Crippen molar-refractivity contribution < 1.29 is 0 Å². The van der Waals surface area contributed by atoms with E-state index in [1.54, 1.807) is 10.4 Å². The average Bonchev–Trinajstić information content (AvgIpc) is 2.89. The van der Waals surface area contributed by atoms with Crippen molar-refractivity contribution in [1.29, 1.82) is 0 Å². The molecule has 0 atom stereocenters. The molecule has 1 nitrogen and oxygen atoms in total. The number of benzene rings is 2. The molecule has 2 aromatic carbocycles. The smallest absolute Gasteiger partial charge is 0.0378 e. The molecule has 1 aliphatic carbocycles. The molecule has 0 unspecified atom stereocenters. The van der Waals surface area contributed by atoms with Gasteiger partial charge in [-0.25, -0.2) is 0 Å². The lowest BCUT2D eigenvalue weighted by Gasteiger charge is -2.29. The van der Waals surface area contributed by atoms with Crippen molar-refractivity contribution >= 4 is 22.1 Å². The molecule has 124 valence electrons. The summed E-state index contributed by atoms with van der Waals surface area (Å²) in [4.78, 5) is 3.04. The van der Waals surface area contributed by atoms with Crippen LogP contribution in [0.25, 0.3) is 21.2 Å². The zero-order valence-corrected chi connectivity index (χ0v) is 15.6. The zero-order valence-electron chi connectivity index (χ0n) is 14.8. The van der Waals surface area contributed by atoms with Crippen LogP contribution in [-0.2, 0) is 19.4 Å². The van der Waals surface area contributed by atoms with Gasteiger partial charge in [0.1, 0.15) is 0 Å². The number of nitrogens with two attached hydrogens (primary N) is 1. The van der Waals surface area contributed by atoms with Gasteiger partial charge in [0.05, 0.1) is 0 Å². The quantitative estimate of drug-likeness (QED) is 0.624. The highest BCUT2D eigenvalue weighted by molar-refractivity contribution is 7.16. The van der Waals surface area contributed by atoms with Crippen molar-refractivity contribution in [3.05, 3.63) is 58.0 Å². The molecule has 0 bridgehead atoms. The standard InChI is InChI=1S/C22H25NS/c1-14-19-12-22(2,3)9-8-20(19)24-21(14)16-10-15-6-4-5-7-18(15)17(11-16)13-23/h4-7,10-11H,8-9,12-13,23H2,1-3H3. The summed E-state index contributed by atoms with van der Waals surface area (Å²) in [6, 6.07) is 13.2. The van der Waals surface area contributed by atoms with Crippen molar-refractivity contribution in [3.8, 4) is 10.4 Å². The lowest BCUT2D eigenvalue weighted by Crippen LogP contribution is -2.21. The van der Waals surface area contributed by atoms with E-state index in [-0.39, 0.29) is 0 Å². The lowest BCUT2D eigenvalue weighted by molar-refractivity contribution is 0.317. The van der Waals surface area contributed by atoms with Crippen LogP contribution in [0.3, 0.4) is 0 Å². The Morgan fingerprint density at radius 2 is 1.96 bits per heavy atom. The van der Waals surface area contributed by atoms with Gasteiger partial charge in [0.15, 0.2) is 0 Å². The van der Waals surface area contributed by atoms with E-state index in [0.29, 0.717) is 12.0 Å². The third kappa shape index (κ3) is 2.58. The fourth-order valence-electron chi connectivity index (χ4n) is 4.02. The Bertz CT molecular complexity index is 917. The number of fused-ring (bicyclic) bond motifs is 2. The maximum atomic E-state index is 6.04. The first-order chi connectivity index (χ1) is 11.5. The van der Waals surface area contributed by atoms with Crippen LogP contribution in [0, 0.1) is 12.3 Å². The van der Waals surface area contributed by atoms with Gasteiger partial charge in [0.2, 0.25) is 0 Å². The summed E-state index contributed by atoms with van der Waals surface area (Å²) in [6.45, 7) is 7.69. The van der Waals surface area contributed by atoms with Gasteiger partial charge < -0.3 is 5.73 Å². The normalized spacial score (nSPS) is 16.3. The molecule has 0 saturated carbocycles. The summed E-state index contributed by atoms with van der Waals surface area (Å²) in [6.07, 6.45) is 3.73. The summed E-state index contributed by atoms with van der Waals surface area (Å²) < 4.78 is 0. The van der Waals surface area contributed by atoms with Crippen LogP contribution in [0.2, 0.25) is 0 Å². The second-order valence-electron chi connectivity index (χ2n) is 7.86. The highest BCUT2D eigenvalue weighted by Crippen LogP contribution is 2.45. The molecule has 1 heterocycles. The Hall–Kier alpha value is -1.64. The van der Waals surface area contributed by atoms with Gasteiger partial charge in [-0.15, -0.1) is 11.3 Å². The third-order valence-electron chi connectivity index (χ3n) is 5.47. The SMILES string of the molecule is Cc1c(-c2cc(CN)c3ccccc3c2)sc2c1CC(C)(C)CC2. The minimum atomic E-state index is 0.432. The zero-order chi connectivity index (χ0) is 16.9. The van der Waals surface area contributed by atoms with Crippen LogP contribution >= 0.6 is 11.3 Å². The number of hydrogen-bond acceptors (Lipinski definition) is 2. The average molecular weight is 336 g/mol. The second-order valence-corrected chi connectivity index (χ2v) is 8.96. The number of rotatable bonds is 2. The van der Waals surface area contributed by atoms with Crippen LogP contribution < -0.4 is 5.73 Å². The molecule has 2 heteroatoms. The van der Waals surface area contributed by atoms with Crippen molar-refractivity contribution in [2.45, 2.75) is 46.6 Å². The molecule has 2 N–H and O–H groups in total. The molecular formula is C22H25NS. The third-order valence-corrected chi connectivity index (χ3v) is 6.91. The molecule has 4 rings (SSSR count). The number of aryl methyl sites for hydroxylation is 1. The predicted octanol–water partition coefficient (Wildman–Crippen LogP) is 5.85. The highest BCUT2D eigenvalue weighted by Gasteiger charge is 2.29. The topological polar surface area (TPSA) is 26.0 Å². The van der Waals surface area contributed by atoms with Gasteiger partial charge in [-0.3, -0.25) is 0 Å². The Labute approximate surface area is 148 Å². The molecule has 1 aliphatic rings. The van der Waals surface area contributed by atoms with Gasteiger partial charge in [0.25, 0.3) is 0 Å². The maximum absolute atomic E-state index is 6.04. The van der Waals surface area contributed by atoms with Gasteiger partial charge in [-0.05, 0) is 76.8 Å². The van der Waals surface area contributed by atoms with Crippen molar-refractivity contribution in [2.75, 3.05) is 0 Å². The fourth-order valence-corrected chi connectivity index (χ4v) is 5.34. The van der Waals surface area contributed by atoms with Gasteiger partial charge >= 0.3 is 0 Å². The van der Waals surface area contributed by atoms with E-state index in [4.69, 9.17) is 5.73 Å². The molecular weight excluding hydrogens is 310 g/mol. The fraction of sp³-hybridized carbons (Fsp3) is 0.364. The van der Waals surface area contributed by atoms with E-state index in [1.165, 1.54) is 51.6 Å². The van der Waals surface area contributed by atoms with E-state index in [1.807, 2.05) is 11.3 Å². The first-order valence-corrected chi connectivity index (χ1v) is 9.63. The minimum absolute atomic E-state index is 0.432. The Kier molecular flexibility index (Phi) is 3.78. The van der Waals surface area contributed by atoms with E-state index in [9.17, 15) is 0 Å². The number of thiophene rings is 1.